The van der Waals surface area contributed by atoms with E-state index in [1.165, 1.54) is 0 Å². The van der Waals surface area contributed by atoms with Crippen LogP contribution in [-0.4, -0.2) is 65.8 Å². The normalized spacial score (nSPS) is 17.8. The van der Waals surface area contributed by atoms with Crippen molar-refractivity contribution in [2.75, 3.05) is 31.5 Å². The van der Waals surface area contributed by atoms with Gasteiger partial charge in [0.15, 0.2) is 5.82 Å². The molecule has 10 heteroatoms. The molecule has 2 atom stereocenters. The molecule has 10 nitrogen and oxygen atoms in total. The number of unbranched alkanes of at least 4 members (excludes halogenated alkanes) is 1. The van der Waals surface area contributed by atoms with Crippen LogP contribution in [0.15, 0.2) is 10.6 Å². The molecule has 1 aromatic heterocycles. The van der Waals surface area contributed by atoms with E-state index in [1.54, 1.807) is 33.8 Å². The Morgan fingerprint density at radius 3 is 2.64 bits per heavy atom. The molecule has 1 saturated heterocycles. The van der Waals surface area contributed by atoms with E-state index in [1.807, 2.05) is 0 Å². The van der Waals surface area contributed by atoms with E-state index >= 15 is 0 Å². The van der Waals surface area contributed by atoms with Crippen LogP contribution in [0.3, 0.4) is 0 Å². The zero-order chi connectivity index (χ0) is 24.4. The summed E-state index contributed by atoms with van der Waals surface area (Å²) in [5.74, 6) is 0.646. The molecule has 0 saturated carbocycles. The lowest BCUT2D eigenvalue weighted by molar-refractivity contribution is -0.129. The number of ether oxygens (including phenoxy) is 1. The Balaban J connectivity index is 1.86. The minimum atomic E-state index is -0.563. The Bertz CT molecular complexity index is 788. The average Bonchev–Trinajstić information content (AvgIpc) is 3.14. The van der Waals surface area contributed by atoms with Crippen molar-refractivity contribution in [3.05, 3.63) is 11.8 Å². The number of anilines is 1. The van der Waals surface area contributed by atoms with Gasteiger partial charge in [-0.3, -0.25) is 14.5 Å². The molecule has 1 fully saturated rings. The van der Waals surface area contributed by atoms with Gasteiger partial charge in [-0.15, -0.1) is 0 Å². The zero-order valence-corrected chi connectivity index (χ0v) is 20.5. The van der Waals surface area contributed by atoms with Crippen molar-refractivity contribution in [1.82, 2.24) is 20.7 Å². The summed E-state index contributed by atoms with van der Waals surface area (Å²) < 4.78 is 10.2. The quantitative estimate of drug-likeness (QED) is 0.454. The van der Waals surface area contributed by atoms with E-state index in [-0.39, 0.29) is 30.3 Å². The third-order valence-corrected chi connectivity index (χ3v) is 5.37. The molecule has 0 radical (unpaired) electrons. The maximum Gasteiger partial charge on any atom is 0.407 e. The van der Waals surface area contributed by atoms with E-state index in [4.69, 9.17) is 9.26 Å². The topological polar surface area (TPSA) is 126 Å². The summed E-state index contributed by atoms with van der Waals surface area (Å²) in [6.07, 6.45) is 3.72. The van der Waals surface area contributed by atoms with E-state index < -0.39 is 11.7 Å². The van der Waals surface area contributed by atoms with Gasteiger partial charge in [0, 0.05) is 25.7 Å². The van der Waals surface area contributed by atoms with Gasteiger partial charge >= 0.3 is 6.09 Å². The maximum atomic E-state index is 13.0. The highest BCUT2D eigenvalue weighted by atomic mass is 16.6. The summed E-state index contributed by atoms with van der Waals surface area (Å²) in [5.41, 5.74) is -0.563. The summed E-state index contributed by atoms with van der Waals surface area (Å²) >= 11 is 0. The van der Waals surface area contributed by atoms with E-state index in [0.29, 0.717) is 31.1 Å². The fourth-order valence-electron chi connectivity index (χ4n) is 3.82. The Labute approximate surface area is 196 Å². The van der Waals surface area contributed by atoms with E-state index in [0.717, 1.165) is 32.2 Å². The van der Waals surface area contributed by atoms with Gasteiger partial charge in [-0.2, -0.15) is 0 Å². The number of likely N-dealkylation sites (tertiary alicyclic amines) is 1. The summed E-state index contributed by atoms with van der Waals surface area (Å²) in [5, 5.41) is 12.2. The molecule has 3 amide bonds. The highest BCUT2D eigenvalue weighted by Crippen LogP contribution is 2.22. The minimum absolute atomic E-state index is 0.0625. The van der Waals surface area contributed by atoms with Gasteiger partial charge in [-0.1, -0.05) is 24.9 Å². The molecular formula is C23H39N5O5. The van der Waals surface area contributed by atoms with Crippen LogP contribution >= 0.6 is 0 Å². The molecule has 0 spiro atoms. The highest BCUT2D eigenvalue weighted by molar-refractivity contribution is 5.94. The van der Waals surface area contributed by atoms with Crippen LogP contribution in [-0.2, 0) is 14.3 Å². The van der Waals surface area contributed by atoms with Gasteiger partial charge in [-0.05, 0) is 53.5 Å². The lowest BCUT2D eigenvalue weighted by Crippen LogP contribution is -2.51. The first-order valence-corrected chi connectivity index (χ1v) is 11.8. The largest absolute Gasteiger partial charge is 0.444 e. The van der Waals surface area contributed by atoms with Crippen LogP contribution in [0.2, 0.25) is 0 Å². The Morgan fingerprint density at radius 1 is 1.27 bits per heavy atom. The van der Waals surface area contributed by atoms with Crippen molar-refractivity contribution < 1.29 is 23.6 Å². The average molecular weight is 466 g/mol. The Kier molecular flexibility index (Phi) is 10.1. The number of alkyl carbamates (subject to hydrolysis) is 1. The summed E-state index contributed by atoms with van der Waals surface area (Å²) in [6, 6.07) is 1.36. The number of hydrogen-bond acceptors (Lipinski definition) is 7. The fourth-order valence-corrected chi connectivity index (χ4v) is 3.82. The summed E-state index contributed by atoms with van der Waals surface area (Å²) in [6.45, 7) is 11.1. The molecule has 2 unspecified atom stereocenters. The van der Waals surface area contributed by atoms with Crippen LogP contribution in [0.5, 0.6) is 0 Å². The smallest absolute Gasteiger partial charge is 0.407 e. The van der Waals surface area contributed by atoms with Gasteiger partial charge in [0.25, 0.3) is 0 Å². The van der Waals surface area contributed by atoms with Gasteiger partial charge in [0.05, 0.1) is 12.0 Å². The number of piperidine rings is 1. The van der Waals surface area contributed by atoms with Crippen LogP contribution < -0.4 is 16.0 Å². The highest BCUT2D eigenvalue weighted by Gasteiger charge is 2.33. The van der Waals surface area contributed by atoms with Crippen LogP contribution in [0, 0.1) is 12.8 Å². The molecule has 2 rings (SSSR count). The third-order valence-electron chi connectivity index (χ3n) is 5.37. The monoisotopic (exact) mass is 465 g/mol. The molecule has 3 N–H and O–H groups in total. The second kappa shape index (κ2) is 12.6. The minimum Gasteiger partial charge on any atom is -0.444 e. The first-order chi connectivity index (χ1) is 15.6. The van der Waals surface area contributed by atoms with E-state index in [9.17, 15) is 14.4 Å². The lowest BCUT2D eigenvalue weighted by atomic mass is 9.94. The third kappa shape index (κ3) is 9.41. The van der Waals surface area contributed by atoms with Gasteiger partial charge in [0.2, 0.25) is 11.8 Å². The van der Waals surface area contributed by atoms with Crippen molar-refractivity contribution in [2.24, 2.45) is 5.92 Å². The van der Waals surface area contributed by atoms with Crippen molar-refractivity contribution in [1.29, 1.82) is 0 Å². The van der Waals surface area contributed by atoms with Crippen LogP contribution in [0.1, 0.15) is 65.6 Å². The predicted octanol–water partition coefficient (Wildman–Crippen LogP) is 2.83. The van der Waals surface area contributed by atoms with E-state index in [2.05, 4.69) is 32.9 Å². The molecule has 0 bridgehead atoms. The molecule has 33 heavy (non-hydrogen) atoms. The number of rotatable bonds is 10. The number of carbonyl (C=O) groups is 3. The fraction of sp³-hybridized carbons (Fsp3) is 0.739. The maximum absolute atomic E-state index is 13.0. The molecule has 1 aliphatic heterocycles. The van der Waals surface area contributed by atoms with Gasteiger partial charge < -0.3 is 25.2 Å². The number of amides is 3. The number of nitrogens with one attached hydrogen (secondary N) is 3. The molecule has 1 aliphatic rings. The SMILES string of the molecule is CCCCC(C(=O)Nc1cc(C)on1)N1CCCC(C(=O)NCCNC(=O)OC(C)(C)C)C1. The number of aryl methyl sites for hydroxylation is 1. The standard InChI is InChI=1S/C23H39N5O5/c1-6-7-10-18(21(30)26-19-14-16(2)33-27-19)28-13-8-9-17(15-28)20(29)24-11-12-25-22(31)32-23(3,4)5/h14,17-18H,6-13,15H2,1-5H3,(H,24,29)(H,25,31)(H,26,27,30). The number of nitrogens with zero attached hydrogens (tertiary/aromatic N) is 2. The summed E-state index contributed by atoms with van der Waals surface area (Å²) in [4.78, 5) is 39.5. The number of carbonyl (C=O) groups excluding carboxylic acids is 3. The second-order valence-electron chi connectivity index (χ2n) is 9.52. The molecule has 186 valence electrons. The Hall–Kier alpha value is -2.62. The Morgan fingerprint density at radius 2 is 2.00 bits per heavy atom. The van der Waals surface area contributed by atoms with Gasteiger partial charge in [-0.25, -0.2) is 4.79 Å². The second-order valence-corrected chi connectivity index (χ2v) is 9.52. The van der Waals surface area contributed by atoms with Crippen molar-refractivity contribution in [3.8, 4) is 0 Å². The first-order valence-electron chi connectivity index (χ1n) is 11.8. The lowest BCUT2D eigenvalue weighted by Gasteiger charge is -2.37. The van der Waals surface area contributed by atoms with Gasteiger partial charge in [0.1, 0.15) is 11.4 Å². The van der Waals surface area contributed by atoms with Crippen molar-refractivity contribution in [2.45, 2.75) is 78.4 Å². The van der Waals surface area contributed by atoms with Crippen molar-refractivity contribution >= 4 is 23.7 Å². The van der Waals surface area contributed by atoms with Crippen LogP contribution in [0.4, 0.5) is 10.6 Å². The molecule has 2 heterocycles. The molecule has 1 aromatic rings. The number of hydrogen-bond donors (Lipinski definition) is 3. The molecule has 0 aliphatic carbocycles. The van der Waals surface area contributed by atoms with Crippen LogP contribution in [0.25, 0.3) is 0 Å². The van der Waals surface area contributed by atoms with Crippen molar-refractivity contribution in [3.63, 3.8) is 0 Å². The predicted molar refractivity (Wildman–Crippen MR) is 125 cm³/mol. The molecular weight excluding hydrogens is 426 g/mol. The summed E-state index contributed by atoms with van der Waals surface area (Å²) in [7, 11) is 0. The zero-order valence-electron chi connectivity index (χ0n) is 20.5. The molecule has 0 aromatic carbocycles. The first kappa shape index (κ1) is 26.6. The number of aromatic nitrogens is 1.